The van der Waals surface area contributed by atoms with Gasteiger partial charge in [-0.1, -0.05) is 30.3 Å². The summed E-state index contributed by atoms with van der Waals surface area (Å²) in [6, 6.07) is 15.5. The van der Waals surface area contributed by atoms with Crippen LogP contribution in [0.1, 0.15) is 17.5 Å². The quantitative estimate of drug-likeness (QED) is 0.512. The minimum atomic E-state index is -0.328. The molecule has 1 atom stereocenters. The highest BCUT2D eigenvalue weighted by atomic mass is 16.6. The highest BCUT2D eigenvalue weighted by molar-refractivity contribution is 5.84. The maximum absolute atomic E-state index is 10.9. The summed E-state index contributed by atoms with van der Waals surface area (Å²) in [5.74, 6) is 0.618. The van der Waals surface area contributed by atoms with Crippen LogP contribution in [0.15, 0.2) is 60.9 Å². The summed E-state index contributed by atoms with van der Waals surface area (Å²) in [5.41, 5.74) is 2.56. The first-order chi connectivity index (χ1) is 12.7. The molecular weight excluding hydrogens is 326 g/mol. The van der Waals surface area contributed by atoms with E-state index >= 15 is 0 Å². The van der Waals surface area contributed by atoms with Gasteiger partial charge in [-0.05, 0) is 47.9 Å². The molecule has 0 radical (unpaired) electrons. The van der Waals surface area contributed by atoms with Gasteiger partial charge in [0.1, 0.15) is 0 Å². The number of pyridine rings is 1. The molecule has 1 aliphatic rings. The molecule has 0 aliphatic carbocycles. The Balaban J connectivity index is 1.42. The highest BCUT2D eigenvalue weighted by Gasteiger charge is 2.23. The molecule has 5 heteroatoms. The summed E-state index contributed by atoms with van der Waals surface area (Å²) in [6.07, 6.45) is 6.00. The van der Waals surface area contributed by atoms with Crippen molar-refractivity contribution in [2.24, 2.45) is 5.92 Å². The Morgan fingerprint density at radius 3 is 2.96 bits per heavy atom. The first-order valence-electron chi connectivity index (χ1n) is 8.96. The topological polar surface area (TPSA) is 59.3 Å². The summed E-state index contributed by atoms with van der Waals surface area (Å²) in [7, 11) is 0. The highest BCUT2D eigenvalue weighted by Crippen LogP contribution is 2.26. The number of fused-ring (bicyclic) bond motifs is 1. The summed E-state index contributed by atoms with van der Waals surface area (Å²) >= 11 is 0. The summed E-state index contributed by atoms with van der Waals surface area (Å²) in [4.78, 5) is 17.2. The first kappa shape index (κ1) is 16.7. The minimum Gasteiger partial charge on any atom is -0.299 e. The van der Waals surface area contributed by atoms with Crippen molar-refractivity contribution in [1.29, 1.82) is 0 Å². The predicted molar refractivity (Wildman–Crippen MR) is 102 cm³/mol. The van der Waals surface area contributed by atoms with Gasteiger partial charge >= 0.3 is 0 Å². The number of benzene rings is 2. The lowest BCUT2D eigenvalue weighted by atomic mass is 9.95. The third-order valence-corrected chi connectivity index (χ3v) is 5.18. The molecule has 1 saturated heterocycles. The van der Waals surface area contributed by atoms with Crippen LogP contribution in [-0.4, -0.2) is 27.9 Å². The molecule has 2 aromatic carbocycles. The van der Waals surface area contributed by atoms with Gasteiger partial charge < -0.3 is 0 Å². The molecule has 0 saturated carbocycles. The fourth-order valence-corrected chi connectivity index (χ4v) is 3.93. The van der Waals surface area contributed by atoms with Crippen LogP contribution >= 0.6 is 0 Å². The van der Waals surface area contributed by atoms with Crippen molar-refractivity contribution in [3.63, 3.8) is 0 Å². The molecule has 3 aromatic rings. The van der Waals surface area contributed by atoms with Crippen molar-refractivity contribution in [2.75, 3.05) is 13.1 Å². The SMILES string of the molecule is O=[N+]([O-])c1cccc(CN2CCC(Cc3cccc4cnccc34)C2)c1. The predicted octanol–water partition coefficient (Wildman–Crippen LogP) is 4.21. The zero-order chi connectivity index (χ0) is 17.9. The molecule has 0 spiro atoms. The standard InChI is InChI=1S/C21H21N3O2/c25-24(26)20-6-1-3-16(12-20)14-23-10-8-17(15-23)11-18-4-2-5-19-13-22-9-7-21(18)19/h1-7,9,12-13,17H,8,10-11,14-15H2. The van der Waals surface area contributed by atoms with Gasteiger partial charge in [0.15, 0.2) is 0 Å². The Hall–Kier alpha value is -2.79. The Morgan fingerprint density at radius 2 is 2.08 bits per heavy atom. The van der Waals surface area contributed by atoms with Crippen LogP contribution in [0.3, 0.4) is 0 Å². The van der Waals surface area contributed by atoms with E-state index in [1.807, 2.05) is 18.5 Å². The van der Waals surface area contributed by atoms with E-state index in [9.17, 15) is 10.1 Å². The van der Waals surface area contributed by atoms with Crippen molar-refractivity contribution >= 4 is 16.5 Å². The van der Waals surface area contributed by atoms with E-state index in [1.165, 1.54) is 16.3 Å². The first-order valence-corrected chi connectivity index (χ1v) is 8.96. The average Bonchev–Trinajstić information content (AvgIpc) is 3.09. The van der Waals surface area contributed by atoms with Crippen LogP contribution in [-0.2, 0) is 13.0 Å². The van der Waals surface area contributed by atoms with E-state index in [2.05, 4.69) is 34.1 Å². The molecule has 26 heavy (non-hydrogen) atoms. The van der Waals surface area contributed by atoms with Gasteiger partial charge in [-0.3, -0.25) is 20.0 Å². The third-order valence-electron chi connectivity index (χ3n) is 5.18. The fourth-order valence-electron chi connectivity index (χ4n) is 3.93. The van der Waals surface area contributed by atoms with E-state index in [0.29, 0.717) is 5.92 Å². The lowest BCUT2D eigenvalue weighted by Gasteiger charge is -2.16. The van der Waals surface area contributed by atoms with Crippen LogP contribution in [0.5, 0.6) is 0 Å². The second kappa shape index (κ2) is 7.22. The molecule has 4 rings (SSSR count). The normalized spacial score (nSPS) is 17.6. The maximum atomic E-state index is 10.9. The zero-order valence-corrected chi connectivity index (χ0v) is 14.5. The molecule has 0 bridgehead atoms. The molecule has 0 amide bonds. The number of nitro benzene ring substituents is 1. The van der Waals surface area contributed by atoms with Crippen molar-refractivity contribution in [2.45, 2.75) is 19.4 Å². The minimum absolute atomic E-state index is 0.169. The van der Waals surface area contributed by atoms with Crippen LogP contribution in [0.2, 0.25) is 0 Å². The molecular formula is C21H21N3O2. The van der Waals surface area contributed by atoms with E-state index in [4.69, 9.17) is 0 Å². The van der Waals surface area contributed by atoms with Crippen molar-refractivity contribution < 1.29 is 4.92 Å². The molecule has 2 heterocycles. The maximum Gasteiger partial charge on any atom is 0.269 e. The molecule has 5 nitrogen and oxygen atoms in total. The van der Waals surface area contributed by atoms with Crippen molar-refractivity contribution in [1.82, 2.24) is 9.88 Å². The summed E-state index contributed by atoms with van der Waals surface area (Å²) in [5, 5.41) is 13.4. The van der Waals surface area contributed by atoms with Gasteiger partial charge in [0.05, 0.1) is 4.92 Å². The summed E-state index contributed by atoms with van der Waals surface area (Å²) < 4.78 is 0. The van der Waals surface area contributed by atoms with Crippen LogP contribution in [0, 0.1) is 16.0 Å². The number of rotatable bonds is 5. The lowest BCUT2D eigenvalue weighted by molar-refractivity contribution is -0.384. The van der Waals surface area contributed by atoms with Gasteiger partial charge in [-0.15, -0.1) is 0 Å². The van der Waals surface area contributed by atoms with Gasteiger partial charge in [-0.2, -0.15) is 0 Å². The Morgan fingerprint density at radius 1 is 1.19 bits per heavy atom. The zero-order valence-electron chi connectivity index (χ0n) is 14.5. The smallest absolute Gasteiger partial charge is 0.269 e. The molecule has 1 aliphatic heterocycles. The number of non-ortho nitro benzene ring substituents is 1. The molecule has 1 aromatic heterocycles. The molecule has 132 valence electrons. The second-order valence-corrected chi connectivity index (χ2v) is 7.03. The second-order valence-electron chi connectivity index (χ2n) is 7.03. The molecule has 1 fully saturated rings. The van der Waals surface area contributed by atoms with Gasteiger partial charge in [-0.25, -0.2) is 0 Å². The number of nitrogens with zero attached hydrogens (tertiary/aromatic N) is 3. The Kier molecular flexibility index (Phi) is 4.63. The van der Waals surface area contributed by atoms with Gasteiger partial charge in [0.25, 0.3) is 5.69 Å². The van der Waals surface area contributed by atoms with Crippen LogP contribution in [0.4, 0.5) is 5.69 Å². The van der Waals surface area contributed by atoms with Crippen molar-refractivity contribution in [3.05, 3.63) is 82.2 Å². The van der Waals surface area contributed by atoms with E-state index < -0.39 is 0 Å². The van der Waals surface area contributed by atoms with Gasteiger partial charge in [0.2, 0.25) is 0 Å². The largest absolute Gasteiger partial charge is 0.299 e. The Bertz CT molecular complexity index is 936. The number of likely N-dealkylation sites (tertiary alicyclic amines) is 1. The van der Waals surface area contributed by atoms with E-state index in [0.717, 1.165) is 38.0 Å². The monoisotopic (exact) mass is 347 g/mol. The van der Waals surface area contributed by atoms with E-state index in [-0.39, 0.29) is 10.6 Å². The average molecular weight is 347 g/mol. The van der Waals surface area contributed by atoms with Crippen LogP contribution < -0.4 is 0 Å². The van der Waals surface area contributed by atoms with Crippen molar-refractivity contribution in [3.8, 4) is 0 Å². The number of hydrogen-bond acceptors (Lipinski definition) is 4. The third kappa shape index (κ3) is 3.58. The Labute approximate surface area is 152 Å². The van der Waals surface area contributed by atoms with Crippen LogP contribution in [0.25, 0.3) is 10.8 Å². The van der Waals surface area contributed by atoms with E-state index in [1.54, 1.807) is 18.2 Å². The summed E-state index contributed by atoms with van der Waals surface area (Å²) in [6.45, 7) is 2.85. The number of hydrogen-bond donors (Lipinski definition) is 0. The van der Waals surface area contributed by atoms with Gasteiger partial charge in [0, 0.05) is 43.0 Å². The fraction of sp³-hybridized carbons (Fsp3) is 0.286. The number of aromatic nitrogens is 1. The molecule has 1 unspecified atom stereocenters. The molecule has 0 N–H and O–H groups in total. The lowest BCUT2D eigenvalue weighted by Crippen LogP contribution is -2.20. The number of nitro groups is 1.